The van der Waals surface area contributed by atoms with E-state index in [1.54, 1.807) is 0 Å². The molecule has 1 aliphatic heterocycles. The fourth-order valence-corrected chi connectivity index (χ4v) is 5.58. The van der Waals surface area contributed by atoms with Crippen molar-refractivity contribution in [3.63, 3.8) is 0 Å². The van der Waals surface area contributed by atoms with Gasteiger partial charge >= 0.3 is 6.09 Å². The largest absolute Gasteiger partial charge is 0.444 e. The third-order valence-electron chi connectivity index (χ3n) is 7.68. The quantitative estimate of drug-likeness (QED) is 0.351. The molecule has 1 amide bonds. The van der Waals surface area contributed by atoms with Gasteiger partial charge in [0.2, 0.25) is 0 Å². The topological polar surface area (TPSA) is 90.6 Å². The number of ether oxygens (including phenoxy) is 1. The van der Waals surface area contributed by atoms with E-state index in [1.807, 2.05) is 51.8 Å². The van der Waals surface area contributed by atoms with Crippen molar-refractivity contribution in [3.05, 3.63) is 63.2 Å². The van der Waals surface area contributed by atoms with Gasteiger partial charge < -0.3 is 24.8 Å². The van der Waals surface area contributed by atoms with Gasteiger partial charge in [0.05, 0.1) is 0 Å². The molecule has 2 N–H and O–H groups in total. The Morgan fingerprint density at radius 2 is 1.88 bits per heavy atom. The van der Waals surface area contributed by atoms with Crippen LogP contribution in [0.5, 0.6) is 0 Å². The van der Waals surface area contributed by atoms with E-state index in [2.05, 4.69) is 54.2 Å². The minimum Gasteiger partial charge on any atom is -0.444 e. The van der Waals surface area contributed by atoms with Gasteiger partial charge in [-0.1, -0.05) is 13.8 Å². The number of carbonyl (C=O) groups excluding carboxylic acids is 1. The van der Waals surface area contributed by atoms with E-state index in [9.17, 15) is 9.59 Å². The van der Waals surface area contributed by atoms with Crippen LogP contribution in [0, 0.1) is 13.8 Å². The second kappa shape index (κ2) is 11.9. The highest BCUT2D eigenvalue weighted by molar-refractivity contribution is 6.01. The van der Waals surface area contributed by atoms with Crippen LogP contribution in [0.2, 0.25) is 0 Å². The van der Waals surface area contributed by atoms with E-state index in [4.69, 9.17) is 9.72 Å². The van der Waals surface area contributed by atoms with Crippen molar-refractivity contribution in [2.75, 3.05) is 29.9 Å². The number of hydrogen-bond acceptors (Lipinski definition) is 6. The predicted octanol–water partition coefficient (Wildman–Crippen LogP) is 6.50. The van der Waals surface area contributed by atoms with E-state index >= 15 is 0 Å². The lowest BCUT2D eigenvalue weighted by molar-refractivity contribution is 0.0205. The van der Waals surface area contributed by atoms with Crippen LogP contribution in [0.4, 0.5) is 16.3 Å². The average Bonchev–Trinajstić information content (AvgIpc) is 2.87. The minimum absolute atomic E-state index is 0.0660. The average molecular weight is 548 g/mol. The molecule has 0 bridgehead atoms. The van der Waals surface area contributed by atoms with Crippen molar-refractivity contribution in [3.8, 4) is 0 Å². The number of anilines is 2. The molecule has 4 rings (SSSR count). The zero-order valence-electron chi connectivity index (χ0n) is 25.4. The summed E-state index contributed by atoms with van der Waals surface area (Å²) in [5.74, 6) is 1.11. The highest BCUT2D eigenvalue weighted by Crippen LogP contribution is 2.37. The number of amides is 1. The Kier molecular flexibility index (Phi) is 8.76. The van der Waals surface area contributed by atoms with Gasteiger partial charge in [0, 0.05) is 66.1 Å². The maximum Gasteiger partial charge on any atom is 0.410 e. The Labute approximate surface area is 238 Å². The molecule has 1 saturated heterocycles. The summed E-state index contributed by atoms with van der Waals surface area (Å²) in [5.41, 5.74) is 4.41. The van der Waals surface area contributed by atoms with Gasteiger partial charge in [-0.3, -0.25) is 4.79 Å². The molecule has 40 heavy (non-hydrogen) atoms. The number of piperidine rings is 1. The highest BCUT2D eigenvalue weighted by Gasteiger charge is 2.30. The van der Waals surface area contributed by atoms with Crippen LogP contribution in [0.3, 0.4) is 0 Å². The molecule has 0 unspecified atom stereocenters. The number of nitrogens with one attached hydrogen (secondary N) is 2. The normalized spacial score (nSPS) is 14.6. The molecule has 1 aliphatic rings. The van der Waals surface area contributed by atoms with Gasteiger partial charge in [0.25, 0.3) is 5.56 Å². The molecule has 216 valence electrons. The number of aryl methyl sites for hydroxylation is 2. The Morgan fingerprint density at radius 1 is 1.18 bits per heavy atom. The van der Waals surface area contributed by atoms with Crippen LogP contribution in [0.1, 0.15) is 82.7 Å². The summed E-state index contributed by atoms with van der Waals surface area (Å²) in [4.78, 5) is 37.2. The Balaban J connectivity index is 1.64. The lowest BCUT2D eigenvalue weighted by atomic mass is 9.95. The molecule has 8 nitrogen and oxygen atoms in total. The third-order valence-corrected chi connectivity index (χ3v) is 7.68. The fourth-order valence-electron chi connectivity index (χ4n) is 5.58. The number of aromatic amines is 1. The Bertz CT molecular complexity index is 1410. The molecule has 1 fully saturated rings. The van der Waals surface area contributed by atoms with Crippen molar-refractivity contribution in [2.45, 2.75) is 92.3 Å². The van der Waals surface area contributed by atoms with Crippen LogP contribution in [-0.4, -0.2) is 52.2 Å². The summed E-state index contributed by atoms with van der Waals surface area (Å²) in [6, 6.07) is 8.94. The number of pyridine rings is 2. The number of fused-ring (bicyclic) bond motifs is 1. The first-order valence-electron chi connectivity index (χ1n) is 14.5. The van der Waals surface area contributed by atoms with E-state index in [0.717, 1.165) is 52.8 Å². The van der Waals surface area contributed by atoms with Gasteiger partial charge in [-0.05, 0) is 95.7 Å². The number of carbonyl (C=O) groups is 1. The van der Waals surface area contributed by atoms with Crippen molar-refractivity contribution < 1.29 is 9.53 Å². The van der Waals surface area contributed by atoms with Crippen molar-refractivity contribution >= 4 is 28.4 Å². The molecule has 0 spiro atoms. The molecule has 0 saturated carbocycles. The molecule has 8 heteroatoms. The zero-order valence-corrected chi connectivity index (χ0v) is 25.4. The predicted molar refractivity (Wildman–Crippen MR) is 164 cm³/mol. The molecular weight excluding hydrogens is 502 g/mol. The maximum atomic E-state index is 12.6. The number of aromatic nitrogens is 2. The first-order valence-corrected chi connectivity index (χ1v) is 14.5. The number of benzene rings is 1. The summed E-state index contributed by atoms with van der Waals surface area (Å²) in [7, 11) is 0. The first kappa shape index (κ1) is 29.4. The summed E-state index contributed by atoms with van der Waals surface area (Å²) < 4.78 is 5.61. The van der Waals surface area contributed by atoms with Gasteiger partial charge in [-0.2, -0.15) is 0 Å². The molecular formula is C32H45N5O3. The second-order valence-corrected chi connectivity index (χ2v) is 12.2. The SMILES string of the molecule is CCN(c1cc(C(C)C)cc2c(NCc3c(C)cc(C)[nH]c3=O)nccc12)C1CCN(C(=O)OC(C)(C)C)CC1. The molecule has 0 atom stereocenters. The zero-order chi connectivity index (χ0) is 29.2. The highest BCUT2D eigenvalue weighted by atomic mass is 16.6. The monoisotopic (exact) mass is 547 g/mol. The minimum atomic E-state index is -0.495. The number of rotatable bonds is 7. The van der Waals surface area contributed by atoms with Crippen LogP contribution in [0.25, 0.3) is 10.8 Å². The maximum absolute atomic E-state index is 12.6. The summed E-state index contributed by atoms with van der Waals surface area (Å²) in [6.45, 7) is 18.8. The molecule has 3 aromatic rings. The third kappa shape index (κ3) is 6.60. The van der Waals surface area contributed by atoms with Crippen LogP contribution < -0.4 is 15.8 Å². The molecule has 0 radical (unpaired) electrons. The van der Waals surface area contributed by atoms with E-state index < -0.39 is 5.60 Å². The molecule has 3 heterocycles. The second-order valence-electron chi connectivity index (χ2n) is 12.2. The Morgan fingerprint density at radius 3 is 2.48 bits per heavy atom. The van der Waals surface area contributed by atoms with Gasteiger partial charge in [-0.15, -0.1) is 0 Å². The van der Waals surface area contributed by atoms with Gasteiger partial charge in [-0.25, -0.2) is 9.78 Å². The smallest absolute Gasteiger partial charge is 0.410 e. The number of nitrogens with zero attached hydrogens (tertiary/aromatic N) is 3. The first-order chi connectivity index (χ1) is 18.9. The lowest BCUT2D eigenvalue weighted by Crippen LogP contribution is -2.48. The van der Waals surface area contributed by atoms with Crippen LogP contribution in [-0.2, 0) is 11.3 Å². The van der Waals surface area contributed by atoms with Crippen molar-refractivity contribution in [1.29, 1.82) is 0 Å². The lowest BCUT2D eigenvalue weighted by Gasteiger charge is -2.40. The molecule has 1 aromatic carbocycles. The van der Waals surface area contributed by atoms with Crippen molar-refractivity contribution in [1.82, 2.24) is 14.9 Å². The van der Waals surface area contributed by atoms with Crippen molar-refractivity contribution in [2.24, 2.45) is 0 Å². The van der Waals surface area contributed by atoms with Gasteiger partial charge in [0.15, 0.2) is 0 Å². The van der Waals surface area contributed by atoms with Crippen LogP contribution >= 0.6 is 0 Å². The Hall–Kier alpha value is -3.55. The molecule has 2 aromatic heterocycles. The van der Waals surface area contributed by atoms with E-state index in [1.165, 1.54) is 11.3 Å². The van der Waals surface area contributed by atoms with Gasteiger partial charge in [0.1, 0.15) is 11.4 Å². The summed E-state index contributed by atoms with van der Waals surface area (Å²) in [5, 5.41) is 5.65. The van der Waals surface area contributed by atoms with Crippen LogP contribution in [0.15, 0.2) is 35.3 Å². The number of likely N-dealkylation sites (tertiary alicyclic amines) is 1. The standard InChI is InChI=1S/C32H45N5O3/c1-9-37(24-11-14-36(15-12-24)31(39)40-32(6,7)8)28-18-23(20(2)3)17-26-25(28)10-13-33-29(26)34-19-27-21(4)16-22(5)35-30(27)38/h10,13,16-18,20,24H,9,11-12,14-15,19H2,1-8H3,(H,33,34)(H,35,38). The van der Waals surface area contributed by atoms with E-state index in [-0.39, 0.29) is 11.7 Å². The summed E-state index contributed by atoms with van der Waals surface area (Å²) >= 11 is 0. The number of H-pyrrole nitrogens is 1. The fraction of sp³-hybridized carbons (Fsp3) is 0.531. The molecule has 0 aliphatic carbocycles. The van der Waals surface area contributed by atoms with E-state index in [0.29, 0.717) is 31.6 Å². The number of hydrogen-bond donors (Lipinski definition) is 2. The summed E-state index contributed by atoms with van der Waals surface area (Å²) in [6.07, 6.45) is 3.37.